The second kappa shape index (κ2) is 5.32. The van der Waals surface area contributed by atoms with Gasteiger partial charge >= 0.3 is 0 Å². The van der Waals surface area contributed by atoms with Crippen molar-refractivity contribution in [1.29, 1.82) is 0 Å². The number of rotatable bonds is 3. The molecule has 106 valence electrons. The van der Waals surface area contributed by atoms with Gasteiger partial charge in [-0.3, -0.25) is 4.72 Å². The minimum atomic E-state index is -3.69. The van der Waals surface area contributed by atoms with Gasteiger partial charge in [0.2, 0.25) is 10.0 Å². The molecule has 0 bridgehead atoms. The van der Waals surface area contributed by atoms with Gasteiger partial charge in [0.1, 0.15) is 11.5 Å². The minimum absolute atomic E-state index is 0.253. The molecule has 0 unspecified atom stereocenters. The van der Waals surface area contributed by atoms with E-state index in [9.17, 15) is 17.2 Å². The molecule has 1 saturated carbocycles. The Kier molecular flexibility index (Phi) is 3.93. The lowest BCUT2D eigenvalue weighted by Gasteiger charge is -2.23. The molecule has 0 amide bonds. The molecule has 2 rings (SSSR count). The Morgan fingerprint density at radius 1 is 1.16 bits per heavy atom. The molecule has 0 aliphatic heterocycles. The molecule has 19 heavy (non-hydrogen) atoms. The summed E-state index contributed by atoms with van der Waals surface area (Å²) < 4.78 is 52.9. The van der Waals surface area contributed by atoms with Crippen LogP contribution in [0.4, 0.5) is 20.2 Å². The van der Waals surface area contributed by atoms with E-state index in [1.165, 1.54) is 0 Å². The van der Waals surface area contributed by atoms with Crippen molar-refractivity contribution in [2.24, 2.45) is 0 Å². The Labute approximate surface area is 111 Å². The molecule has 0 radical (unpaired) electrons. The number of nitrogen functional groups attached to an aromatic ring is 1. The van der Waals surface area contributed by atoms with E-state index in [1.807, 2.05) is 0 Å². The van der Waals surface area contributed by atoms with E-state index >= 15 is 0 Å². The zero-order valence-electron chi connectivity index (χ0n) is 10.3. The summed E-state index contributed by atoms with van der Waals surface area (Å²) in [5.41, 5.74) is 4.83. The molecule has 7 heteroatoms. The predicted octanol–water partition coefficient (Wildman–Crippen LogP) is 2.62. The molecule has 1 fully saturated rings. The largest absolute Gasteiger partial charge is 0.397 e. The fraction of sp³-hybridized carbons (Fsp3) is 0.500. The van der Waals surface area contributed by atoms with Crippen LogP contribution >= 0.6 is 0 Å². The van der Waals surface area contributed by atoms with Crippen molar-refractivity contribution in [2.75, 3.05) is 10.5 Å². The lowest BCUT2D eigenvalue weighted by atomic mass is 10.0. The average molecular weight is 290 g/mol. The van der Waals surface area contributed by atoms with Crippen LogP contribution in [0, 0.1) is 11.6 Å². The van der Waals surface area contributed by atoms with Gasteiger partial charge in [-0.2, -0.15) is 0 Å². The number of hydrogen-bond donors (Lipinski definition) is 2. The third-order valence-corrected chi connectivity index (χ3v) is 5.16. The lowest BCUT2D eigenvalue weighted by molar-refractivity contribution is 0.486. The highest BCUT2D eigenvalue weighted by molar-refractivity contribution is 7.93. The molecule has 1 aliphatic rings. The van der Waals surface area contributed by atoms with Crippen molar-refractivity contribution in [1.82, 2.24) is 0 Å². The number of nitrogens with one attached hydrogen (secondary N) is 1. The van der Waals surface area contributed by atoms with Gasteiger partial charge in [0.25, 0.3) is 0 Å². The van der Waals surface area contributed by atoms with Crippen LogP contribution < -0.4 is 10.5 Å². The van der Waals surface area contributed by atoms with Crippen LogP contribution in [0.15, 0.2) is 12.1 Å². The van der Waals surface area contributed by atoms with Gasteiger partial charge in [0.05, 0.1) is 10.9 Å². The second-order valence-corrected chi connectivity index (χ2v) is 6.72. The molecular weight excluding hydrogens is 274 g/mol. The maximum atomic E-state index is 13.6. The highest BCUT2D eigenvalue weighted by atomic mass is 32.2. The molecule has 0 saturated heterocycles. The first kappa shape index (κ1) is 14.0. The second-order valence-electron chi connectivity index (χ2n) is 4.76. The molecular formula is C12H16F2N2O2S. The van der Waals surface area contributed by atoms with Gasteiger partial charge in [-0.25, -0.2) is 17.2 Å². The lowest BCUT2D eigenvalue weighted by Crippen LogP contribution is -2.30. The molecule has 0 heterocycles. The van der Waals surface area contributed by atoms with E-state index in [4.69, 9.17) is 5.73 Å². The summed E-state index contributed by atoms with van der Waals surface area (Å²) in [6.07, 6.45) is 3.80. The standard InChI is InChI=1S/C12H16F2N2O2S/c13-8-6-10(14)12(11(15)7-8)16-19(17,18)9-4-2-1-3-5-9/h6-7,9,16H,1-5,15H2. The van der Waals surface area contributed by atoms with Crippen LogP contribution in [0.3, 0.4) is 0 Å². The van der Waals surface area contributed by atoms with Crippen LogP contribution in [-0.4, -0.2) is 13.7 Å². The Bertz CT molecular complexity index is 546. The van der Waals surface area contributed by atoms with Crippen LogP contribution in [0.1, 0.15) is 32.1 Å². The first-order chi connectivity index (χ1) is 8.90. The van der Waals surface area contributed by atoms with Crippen molar-refractivity contribution < 1.29 is 17.2 Å². The van der Waals surface area contributed by atoms with E-state index in [0.717, 1.165) is 25.3 Å². The SMILES string of the molecule is Nc1cc(F)cc(F)c1NS(=O)(=O)C1CCCCC1. The topological polar surface area (TPSA) is 72.2 Å². The van der Waals surface area contributed by atoms with Crippen molar-refractivity contribution in [3.63, 3.8) is 0 Å². The quantitative estimate of drug-likeness (QED) is 0.840. The zero-order valence-corrected chi connectivity index (χ0v) is 11.1. The fourth-order valence-electron chi connectivity index (χ4n) is 2.30. The number of benzene rings is 1. The van der Waals surface area contributed by atoms with Gasteiger partial charge in [-0.1, -0.05) is 19.3 Å². The summed E-state index contributed by atoms with van der Waals surface area (Å²) >= 11 is 0. The predicted molar refractivity (Wildman–Crippen MR) is 70.2 cm³/mol. The highest BCUT2D eigenvalue weighted by Gasteiger charge is 2.28. The summed E-state index contributed by atoms with van der Waals surface area (Å²) in [5.74, 6) is -1.84. The normalized spacial score (nSPS) is 17.4. The average Bonchev–Trinajstić information content (AvgIpc) is 2.35. The third-order valence-electron chi connectivity index (χ3n) is 3.32. The van der Waals surface area contributed by atoms with Gasteiger partial charge in [-0.15, -0.1) is 0 Å². The van der Waals surface area contributed by atoms with Crippen molar-refractivity contribution in [3.05, 3.63) is 23.8 Å². The Morgan fingerprint density at radius 2 is 1.79 bits per heavy atom. The number of hydrogen-bond acceptors (Lipinski definition) is 3. The summed E-state index contributed by atoms with van der Waals surface area (Å²) in [6, 6.07) is 1.50. The van der Waals surface area contributed by atoms with E-state index in [1.54, 1.807) is 0 Å². The zero-order chi connectivity index (χ0) is 14.0. The smallest absolute Gasteiger partial charge is 0.235 e. The first-order valence-corrected chi connectivity index (χ1v) is 7.71. The van der Waals surface area contributed by atoms with Gasteiger partial charge in [0, 0.05) is 6.07 Å². The van der Waals surface area contributed by atoms with Crippen LogP contribution in [-0.2, 0) is 10.0 Å². The molecule has 1 aliphatic carbocycles. The molecule has 1 aromatic rings. The van der Waals surface area contributed by atoms with Crippen LogP contribution in [0.25, 0.3) is 0 Å². The summed E-state index contributed by atoms with van der Waals surface area (Å²) in [7, 11) is -3.69. The number of sulfonamides is 1. The van der Waals surface area contributed by atoms with Gasteiger partial charge in [0.15, 0.2) is 5.82 Å². The molecule has 1 aromatic carbocycles. The molecule has 0 spiro atoms. The summed E-state index contributed by atoms with van der Waals surface area (Å²) in [5, 5.41) is -0.537. The van der Waals surface area contributed by atoms with Gasteiger partial charge < -0.3 is 5.73 Å². The molecule has 3 N–H and O–H groups in total. The molecule has 0 atom stereocenters. The third kappa shape index (κ3) is 3.15. The fourth-order valence-corrected chi connectivity index (χ4v) is 3.92. The monoisotopic (exact) mass is 290 g/mol. The van der Waals surface area contributed by atoms with Crippen molar-refractivity contribution in [3.8, 4) is 0 Å². The molecule has 4 nitrogen and oxygen atoms in total. The van der Waals surface area contributed by atoms with E-state index in [2.05, 4.69) is 4.72 Å². The van der Waals surface area contributed by atoms with Crippen LogP contribution in [0.2, 0.25) is 0 Å². The Hall–Kier alpha value is -1.37. The van der Waals surface area contributed by atoms with Crippen molar-refractivity contribution >= 4 is 21.4 Å². The van der Waals surface area contributed by atoms with E-state index in [0.29, 0.717) is 18.9 Å². The maximum Gasteiger partial charge on any atom is 0.235 e. The van der Waals surface area contributed by atoms with E-state index in [-0.39, 0.29) is 11.4 Å². The minimum Gasteiger partial charge on any atom is -0.397 e. The first-order valence-electron chi connectivity index (χ1n) is 6.16. The van der Waals surface area contributed by atoms with Gasteiger partial charge in [-0.05, 0) is 18.9 Å². The number of anilines is 2. The van der Waals surface area contributed by atoms with E-state index < -0.39 is 26.9 Å². The maximum absolute atomic E-state index is 13.6. The Balaban J connectivity index is 2.25. The number of nitrogens with two attached hydrogens (primary N) is 1. The number of halogens is 2. The summed E-state index contributed by atoms with van der Waals surface area (Å²) in [6.45, 7) is 0. The van der Waals surface area contributed by atoms with Crippen LogP contribution in [0.5, 0.6) is 0 Å². The highest BCUT2D eigenvalue weighted by Crippen LogP contribution is 2.29. The van der Waals surface area contributed by atoms with Crippen molar-refractivity contribution in [2.45, 2.75) is 37.4 Å². The summed E-state index contributed by atoms with van der Waals surface area (Å²) in [4.78, 5) is 0. The Morgan fingerprint density at radius 3 is 2.37 bits per heavy atom. The molecule has 0 aromatic heterocycles.